The van der Waals surface area contributed by atoms with Crippen molar-refractivity contribution in [2.75, 3.05) is 18.6 Å². The second kappa shape index (κ2) is 5.32. The molecular formula is C11H17NO3S. The Morgan fingerprint density at radius 2 is 2.00 bits per heavy atom. The molecule has 0 saturated carbocycles. The molecule has 0 fully saturated rings. The number of sulfone groups is 1. The van der Waals surface area contributed by atoms with E-state index in [2.05, 4.69) is 0 Å². The Hall–Kier alpha value is -1.07. The van der Waals surface area contributed by atoms with Crippen molar-refractivity contribution in [3.8, 4) is 5.75 Å². The summed E-state index contributed by atoms with van der Waals surface area (Å²) in [5.41, 5.74) is 6.60. The molecule has 0 spiro atoms. The van der Waals surface area contributed by atoms with Gasteiger partial charge >= 0.3 is 0 Å². The van der Waals surface area contributed by atoms with Gasteiger partial charge in [-0.15, -0.1) is 0 Å². The second-order valence-corrected chi connectivity index (χ2v) is 5.95. The van der Waals surface area contributed by atoms with E-state index in [1.165, 1.54) is 0 Å². The van der Waals surface area contributed by atoms with Crippen molar-refractivity contribution in [1.29, 1.82) is 0 Å². The van der Waals surface area contributed by atoms with Gasteiger partial charge in [-0.25, -0.2) is 8.42 Å². The predicted molar refractivity (Wildman–Crippen MR) is 64.3 cm³/mol. The lowest BCUT2D eigenvalue weighted by atomic mass is 10.1. The third-order valence-corrected chi connectivity index (χ3v) is 4.16. The highest BCUT2D eigenvalue weighted by Gasteiger charge is 2.18. The molecule has 1 atom stereocenters. The van der Waals surface area contributed by atoms with Crippen molar-refractivity contribution in [2.24, 2.45) is 5.73 Å². The van der Waals surface area contributed by atoms with Gasteiger partial charge in [0.25, 0.3) is 0 Å². The minimum Gasteiger partial charge on any atom is -0.496 e. The Morgan fingerprint density at radius 1 is 1.38 bits per heavy atom. The fourth-order valence-corrected chi connectivity index (χ4v) is 2.42. The summed E-state index contributed by atoms with van der Waals surface area (Å²) in [5, 5.41) is 0. The van der Waals surface area contributed by atoms with Gasteiger partial charge in [0.15, 0.2) is 9.84 Å². The number of hydrogen-bond acceptors (Lipinski definition) is 4. The average Bonchev–Trinajstić information content (AvgIpc) is 2.28. The van der Waals surface area contributed by atoms with Gasteiger partial charge in [0, 0.05) is 17.4 Å². The molecule has 0 aliphatic heterocycles. The number of benzene rings is 1. The van der Waals surface area contributed by atoms with E-state index in [1.54, 1.807) is 26.2 Å². The first-order valence-corrected chi connectivity index (χ1v) is 6.91. The summed E-state index contributed by atoms with van der Waals surface area (Å²) in [4.78, 5) is 0. The number of hydrogen-bond donors (Lipinski definition) is 1. The molecule has 0 heterocycles. The molecule has 1 rings (SSSR count). The third kappa shape index (κ3) is 3.21. The zero-order valence-corrected chi connectivity index (χ0v) is 10.3. The molecule has 1 aromatic carbocycles. The van der Waals surface area contributed by atoms with Gasteiger partial charge in [-0.2, -0.15) is 0 Å². The third-order valence-electron chi connectivity index (χ3n) is 2.41. The van der Waals surface area contributed by atoms with Crippen LogP contribution in [0, 0.1) is 0 Å². The van der Waals surface area contributed by atoms with E-state index in [0.717, 1.165) is 5.56 Å². The molecule has 0 aliphatic carbocycles. The van der Waals surface area contributed by atoms with E-state index in [0.29, 0.717) is 5.75 Å². The molecule has 0 saturated heterocycles. The van der Waals surface area contributed by atoms with Crippen LogP contribution < -0.4 is 10.5 Å². The maximum Gasteiger partial charge on any atom is 0.151 e. The van der Waals surface area contributed by atoms with Gasteiger partial charge in [-0.3, -0.25) is 0 Å². The Balaban J connectivity index is 2.92. The first kappa shape index (κ1) is 13.0. The van der Waals surface area contributed by atoms with Crippen molar-refractivity contribution in [1.82, 2.24) is 0 Å². The van der Waals surface area contributed by atoms with Gasteiger partial charge in [-0.1, -0.05) is 25.1 Å². The van der Waals surface area contributed by atoms with Crippen LogP contribution in [0.1, 0.15) is 18.5 Å². The van der Waals surface area contributed by atoms with Crippen molar-refractivity contribution >= 4 is 9.84 Å². The molecule has 1 aromatic rings. The van der Waals surface area contributed by atoms with Crippen LogP contribution >= 0.6 is 0 Å². The van der Waals surface area contributed by atoms with E-state index in [1.807, 2.05) is 12.1 Å². The molecule has 0 bridgehead atoms. The van der Waals surface area contributed by atoms with E-state index >= 15 is 0 Å². The molecule has 0 amide bonds. The highest BCUT2D eigenvalue weighted by molar-refractivity contribution is 7.91. The highest BCUT2D eigenvalue weighted by atomic mass is 32.2. The topological polar surface area (TPSA) is 69.4 Å². The molecular weight excluding hydrogens is 226 g/mol. The Bertz CT molecular complexity index is 442. The fraction of sp³-hybridized carbons (Fsp3) is 0.455. The fourth-order valence-electron chi connectivity index (χ4n) is 1.45. The summed E-state index contributed by atoms with van der Waals surface area (Å²) < 4.78 is 28.1. The Labute approximate surface area is 96.3 Å². The second-order valence-electron chi connectivity index (χ2n) is 3.55. The minimum absolute atomic E-state index is 0.0517. The summed E-state index contributed by atoms with van der Waals surface area (Å²) in [6, 6.07) is 6.66. The summed E-state index contributed by atoms with van der Waals surface area (Å²) in [6.07, 6.45) is 0. The van der Waals surface area contributed by atoms with Crippen LogP contribution in [0.15, 0.2) is 24.3 Å². The number of methoxy groups -OCH3 is 1. The Morgan fingerprint density at radius 3 is 2.56 bits per heavy atom. The van der Waals surface area contributed by atoms with Crippen LogP contribution in [-0.2, 0) is 9.84 Å². The summed E-state index contributed by atoms with van der Waals surface area (Å²) in [7, 11) is -1.53. The predicted octanol–water partition coefficient (Wildman–Crippen LogP) is 1.13. The van der Waals surface area contributed by atoms with Gasteiger partial charge < -0.3 is 10.5 Å². The van der Waals surface area contributed by atoms with Crippen molar-refractivity contribution in [3.05, 3.63) is 29.8 Å². The van der Waals surface area contributed by atoms with E-state index in [4.69, 9.17) is 10.5 Å². The SMILES string of the molecule is CCS(=O)(=O)CC(N)c1ccccc1OC. The maximum absolute atomic E-state index is 11.5. The summed E-state index contributed by atoms with van der Waals surface area (Å²) in [6.45, 7) is 1.62. The smallest absolute Gasteiger partial charge is 0.151 e. The molecule has 5 heteroatoms. The standard InChI is InChI=1S/C11H17NO3S/c1-3-16(13,14)8-10(12)9-6-4-5-7-11(9)15-2/h4-7,10H,3,8,12H2,1-2H3. The lowest BCUT2D eigenvalue weighted by Gasteiger charge is -2.15. The number of nitrogens with two attached hydrogens (primary N) is 1. The van der Waals surface area contributed by atoms with Crippen LogP contribution in [-0.4, -0.2) is 27.0 Å². The van der Waals surface area contributed by atoms with Gasteiger partial charge in [0.1, 0.15) is 5.75 Å². The van der Waals surface area contributed by atoms with E-state index in [9.17, 15) is 8.42 Å². The van der Waals surface area contributed by atoms with E-state index < -0.39 is 15.9 Å². The van der Waals surface area contributed by atoms with Crippen LogP contribution in [0.3, 0.4) is 0 Å². The molecule has 16 heavy (non-hydrogen) atoms. The largest absolute Gasteiger partial charge is 0.496 e. The maximum atomic E-state index is 11.5. The highest BCUT2D eigenvalue weighted by Crippen LogP contribution is 2.24. The molecule has 0 radical (unpaired) electrons. The Kier molecular flexibility index (Phi) is 4.32. The van der Waals surface area contributed by atoms with Crippen molar-refractivity contribution in [2.45, 2.75) is 13.0 Å². The van der Waals surface area contributed by atoms with Crippen LogP contribution in [0.2, 0.25) is 0 Å². The average molecular weight is 243 g/mol. The number of ether oxygens (including phenoxy) is 1. The van der Waals surface area contributed by atoms with Crippen LogP contribution in [0.5, 0.6) is 5.75 Å². The van der Waals surface area contributed by atoms with Gasteiger partial charge in [-0.05, 0) is 6.07 Å². The molecule has 4 nitrogen and oxygen atoms in total. The normalized spacial score (nSPS) is 13.4. The van der Waals surface area contributed by atoms with Gasteiger partial charge in [0.2, 0.25) is 0 Å². The molecule has 0 aromatic heterocycles. The molecule has 90 valence electrons. The minimum atomic E-state index is -3.07. The number of para-hydroxylation sites is 1. The zero-order chi connectivity index (χ0) is 12.2. The molecule has 0 aliphatic rings. The van der Waals surface area contributed by atoms with Gasteiger partial charge in [0.05, 0.1) is 12.9 Å². The zero-order valence-electron chi connectivity index (χ0n) is 9.51. The monoisotopic (exact) mass is 243 g/mol. The van der Waals surface area contributed by atoms with Crippen molar-refractivity contribution in [3.63, 3.8) is 0 Å². The summed E-state index contributed by atoms with van der Waals surface area (Å²) >= 11 is 0. The first-order chi connectivity index (χ1) is 7.50. The van der Waals surface area contributed by atoms with Crippen LogP contribution in [0.4, 0.5) is 0 Å². The summed E-state index contributed by atoms with van der Waals surface area (Å²) in [5.74, 6) is 0.681. The molecule has 2 N–H and O–H groups in total. The van der Waals surface area contributed by atoms with Crippen molar-refractivity contribution < 1.29 is 13.2 Å². The van der Waals surface area contributed by atoms with Crippen LogP contribution in [0.25, 0.3) is 0 Å². The quantitative estimate of drug-likeness (QED) is 0.841. The molecule has 1 unspecified atom stereocenters. The van der Waals surface area contributed by atoms with E-state index in [-0.39, 0.29) is 11.5 Å². The lowest BCUT2D eigenvalue weighted by Crippen LogP contribution is -2.23. The number of rotatable bonds is 5. The lowest BCUT2D eigenvalue weighted by molar-refractivity contribution is 0.407. The first-order valence-electron chi connectivity index (χ1n) is 5.09.